The monoisotopic (exact) mass is 234 g/mol. The molecule has 2 aromatic rings. The highest BCUT2D eigenvalue weighted by atomic mass is 16.1. The van der Waals surface area contributed by atoms with E-state index in [-0.39, 0.29) is 5.92 Å². The lowest BCUT2D eigenvalue weighted by atomic mass is 9.72. The maximum absolute atomic E-state index is 11.3. The number of hydrogen-bond acceptors (Lipinski definition) is 1. The highest BCUT2D eigenvalue weighted by molar-refractivity contribution is 5.95. The van der Waals surface area contributed by atoms with Gasteiger partial charge in [0.05, 0.1) is 0 Å². The standard InChI is InChI=1S/C17H14O/c18-12-17-15(13-7-3-1-4-8-13)11-16(17)14-9-5-2-6-10-14/h1-10,12,15H,11H2. The summed E-state index contributed by atoms with van der Waals surface area (Å²) >= 11 is 0. The average molecular weight is 234 g/mol. The van der Waals surface area contributed by atoms with Crippen LogP contribution in [0.3, 0.4) is 0 Å². The van der Waals surface area contributed by atoms with E-state index in [1.165, 1.54) is 16.7 Å². The summed E-state index contributed by atoms with van der Waals surface area (Å²) in [7, 11) is 0. The molecule has 1 aliphatic rings. The van der Waals surface area contributed by atoms with Gasteiger partial charge in [-0.3, -0.25) is 4.79 Å². The van der Waals surface area contributed by atoms with Crippen LogP contribution in [-0.4, -0.2) is 6.29 Å². The lowest BCUT2D eigenvalue weighted by Crippen LogP contribution is -2.17. The third-order valence-electron chi connectivity index (χ3n) is 3.58. The van der Waals surface area contributed by atoms with Gasteiger partial charge in [-0.25, -0.2) is 0 Å². The minimum absolute atomic E-state index is 0.277. The molecule has 0 heterocycles. The van der Waals surface area contributed by atoms with Crippen LogP contribution in [-0.2, 0) is 4.79 Å². The van der Waals surface area contributed by atoms with E-state index in [9.17, 15) is 4.79 Å². The lowest BCUT2D eigenvalue weighted by molar-refractivity contribution is -0.105. The second-order valence-corrected chi connectivity index (χ2v) is 4.59. The summed E-state index contributed by atoms with van der Waals surface area (Å²) in [5.41, 5.74) is 4.54. The van der Waals surface area contributed by atoms with Gasteiger partial charge in [-0.05, 0) is 23.1 Å². The topological polar surface area (TPSA) is 17.1 Å². The van der Waals surface area contributed by atoms with Crippen LogP contribution in [0.2, 0.25) is 0 Å². The first-order valence-electron chi connectivity index (χ1n) is 6.18. The molecule has 88 valence electrons. The van der Waals surface area contributed by atoms with E-state index >= 15 is 0 Å². The molecule has 0 radical (unpaired) electrons. The molecular weight excluding hydrogens is 220 g/mol. The summed E-state index contributed by atoms with van der Waals surface area (Å²) in [6.45, 7) is 0. The van der Waals surface area contributed by atoms with Gasteiger partial charge in [0.25, 0.3) is 0 Å². The Morgan fingerprint density at radius 3 is 2.11 bits per heavy atom. The van der Waals surface area contributed by atoms with Crippen molar-refractivity contribution in [3.05, 3.63) is 77.4 Å². The molecule has 0 N–H and O–H groups in total. The molecule has 0 fully saturated rings. The van der Waals surface area contributed by atoms with Crippen LogP contribution < -0.4 is 0 Å². The molecule has 0 spiro atoms. The minimum atomic E-state index is 0.277. The summed E-state index contributed by atoms with van der Waals surface area (Å²) in [5, 5.41) is 0. The summed E-state index contributed by atoms with van der Waals surface area (Å²) in [5.74, 6) is 0.277. The molecule has 1 unspecified atom stereocenters. The van der Waals surface area contributed by atoms with Crippen LogP contribution in [0, 0.1) is 0 Å². The van der Waals surface area contributed by atoms with Crippen molar-refractivity contribution in [3.63, 3.8) is 0 Å². The lowest BCUT2D eigenvalue weighted by Gasteiger charge is -2.31. The first-order chi connectivity index (χ1) is 8.90. The third-order valence-corrected chi connectivity index (χ3v) is 3.58. The highest BCUT2D eigenvalue weighted by Crippen LogP contribution is 2.46. The smallest absolute Gasteiger partial charge is 0.146 e. The molecule has 1 heteroatoms. The van der Waals surface area contributed by atoms with Crippen molar-refractivity contribution in [2.24, 2.45) is 0 Å². The Labute approximate surface area is 107 Å². The number of benzene rings is 2. The van der Waals surface area contributed by atoms with Crippen molar-refractivity contribution in [1.82, 2.24) is 0 Å². The number of hydrogen-bond donors (Lipinski definition) is 0. The van der Waals surface area contributed by atoms with Gasteiger partial charge in [-0.15, -0.1) is 0 Å². The zero-order chi connectivity index (χ0) is 12.4. The number of rotatable bonds is 3. The first-order valence-corrected chi connectivity index (χ1v) is 6.18. The molecule has 0 saturated heterocycles. The van der Waals surface area contributed by atoms with E-state index in [1.54, 1.807) is 0 Å². The molecule has 0 amide bonds. The molecule has 1 atom stereocenters. The number of allylic oxidation sites excluding steroid dienone is 2. The van der Waals surface area contributed by atoms with Crippen LogP contribution >= 0.6 is 0 Å². The number of aldehydes is 1. The van der Waals surface area contributed by atoms with Crippen molar-refractivity contribution in [3.8, 4) is 0 Å². The molecule has 3 rings (SSSR count). The molecule has 1 nitrogen and oxygen atoms in total. The Balaban J connectivity index is 1.97. The van der Waals surface area contributed by atoms with Crippen molar-refractivity contribution < 1.29 is 4.79 Å². The van der Waals surface area contributed by atoms with Gasteiger partial charge in [0, 0.05) is 11.5 Å². The third kappa shape index (κ3) is 1.78. The second kappa shape index (κ2) is 4.61. The van der Waals surface area contributed by atoms with Gasteiger partial charge in [0.2, 0.25) is 0 Å². The fourth-order valence-corrected chi connectivity index (χ4v) is 2.57. The summed E-state index contributed by atoms with van der Waals surface area (Å²) in [6.07, 6.45) is 1.98. The minimum Gasteiger partial charge on any atom is -0.298 e. The van der Waals surface area contributed by atoms with Crippen LogP contribution in [0.25, 0.3) is 5.57 Å². The van der Waals surface area contributed by atoms with Crippen molar-refractivity contribution in [1.29, 1.82) is 0 Å². The zero-order valence-electron chi connectivity index (χ0n) is 10.0. The molecule has 0 aliphatic heterocycles. The van der Waals surface area contributed by atoms with Gasteiger partial charge in [-0.1, -0.05) is 60.7 Å². The van der Waals surface area contributed by atoms with Crippen molar-refractivity contribution >= 4 is 11.9 Å². The molecule has 0 aromatic heterocycles. The fraction of sp³-hybridized carbons (Fsp3) is 0.118. The molecule has 18 heavy (non-hydrogen) atoms. The molecule has 0 bridgehead atoms. The molecule has 1 aliphatic carbocycles. The summed E-state index contributed by atoms with van der Waals surface area (Å²) < 4.78 is 0. The Morgan fingerprint density at radius 1 is 0.889 bits per heavy atom. The van der Waals surface area contributed by atoms with Gasteiger partial charge in [0.1, 0.15) is 6.29 Å². The SMILES string of the molecule is O=CC1=C(c2ccccc2)CC1c1ccccc1. The largest absolute Gasteiger partial charge is 0.298 e. The van der Waals surface area contributed by atoms with Crippen LogP contribution in [0.1, 0.15) is 23.5 Å². The quantitative estimate of drug-likeness (QED) is 0.738. The van der Waals surface area contributed by atoms with E-state index < -0.39 is 0 Å². The van der Waals surface area contributed by atoms with Gasteiger partial charge >= 0.3 is 0 Å². The van der Waals surface area contributed by atoms with Crippen LogP contribution in [0.5, 0.6) is 0 Å². The fourth-order valence-electron chi connectivity index (χ4n) is 2.57. The highest BCUT2D eigenvalue weighted by Gasteiger charge is 2.30. The summed E-state index contributed by atoms with van der Waals surface area (Å²) in [4.78, 5) is 11.3. The Bertz CT molecular complexity index is 582. The Morgan fingerprint density at radius 2 is 1.50 bits per heavy atom. The molecule has 0 saturated carbocycles. The van der Waals surface area contributed by atoms with E-state index in [0.717, 1.165) is 18.3 Å². The van der Waals surface area contributed by atoms with Crippen molar-refractivity contribution in [2.45, 2.75) is 12.3 Å². The predicted octanol–water partition coefficient (Wildman–Crippen LogP) is 3.83. The second-order valence-electron chi connectivity index (χ2n) is 4.59. The zero-order valence-corrected chi connectivity index (χ0v) is 10.0. The normalized spacial score (nSPS) is 18.3. The van der Waals surface area contributed by atoms with Gasteiger partial charge < -0.3 is 0 Å². The van der Waals surface area contributed by atoms with Crippen molar-refractivity contribution in [2.75, 3.05) is 0 Å². The Kier molecular flexibility index (Phi) is 2.81. The first kappa shape index (κ1) is 11.0. The van der Waals surface area contributed by atoms with E-state index in [2.05, 4.69) is 24.3 Å². The van der Waals surface area contributed by atoms with Crippen LogP contribution in [0.4, 0.5) is 0 Å². The number of carbonyl (C=O) groups is 1. The predicted molar refractivity (Wildman–Crippen MR) is 73.2 cm³/mol. The summed E-state index contributed by atoms with van der Waals surface area (Å²) in [6, 6.07) is 20.4. The van der Waals surface area contributed by atoms with E-state index in [0.29, 0.717) is 0 Å². The van der Waals surface area contributed by atoms with E-state index in [1.807, 2.05) is 36.4 Å². The van der Waals surface area contributed by atoms with Crippen LogP contribution in [0.15, 0.2) is 66.2 Å². The maximum atomic E-state index is 11.3. The Hall–Kier alpha value is -2.15. The number of carbonyl (C=O) groups excluding carboxylic acids is 1. The van der Waals surface area contributed by atoms with Gasteiger partial charge in [0.15, 0.2) is 0 Å². The van der Waals surface area contributed by atoms with Gasteiger partial charge in [-0.2, -0.15) is 0 Å². The molecule has 2 aromatic carbocycles. The molecular formula is C17H14O. The average Bonchev–Trinajstić information content (AvgIpc) is 2.41. The van der Waals surface area contributed by atoms with E-state index in [4.69, 9.17) is 0 Å². The maximum Gasteiger partial charge on any atom is 0.146 e.